The quantitative estimate of drug-likeness (QED) is 0.691. The Bertz CT molecular complexity index is 130. The first-order valence-corrected chi connectivity index (χ1v) is 4.08. The highest BCUT2D eigenvalue weighted by Crippen LogP contribution is 2.15. The summed E-state index contributed by atoms with van der Waals surface area (Å²) in [6, 6.07) is -0.0607. The molecule has 0 aliphatic heterocycles. The molecule has 0 bridgehead atoms. The van der Waals surface area contributed by atoms with E-state index in [1.807, 2.05) is 6.92 Å². The van der Waals surface area contributed by atoms with Crippen molar-refractivity contribution in [2.75, 3.05) is 0 Å². The Labute approximate surface area is 76.1 Å². The zero-order chi connectivity index (χ0) is 8.85. The molecule has 11 heavy (non-hydrogen) atoms. The van der Waals surface area contributed by atoms with Gasteiger partial charge in [0.1, 0.15) is 0 Å². The van der Waals surface area contributed by atoms with Crippen molar-refractivity contribution in [2.24, 2.45) is 0 Å². The van der Waals surface area contributed by atoms with E-state index in [-0.39, 0.29) is 12.5 Å². The van der Waals surface area contributed by atoms with Crippen molar-refractivity contribution in [3.05, 3.63) is 0 Å². The molecule has 3 nitrogen and oxygen atoms in total. The maximum atomic E-state index is 10.1. The van der Waals surface area contributed by atoms with Gasteiger partial charge in [0.2, 0.25) is 0 Å². The van der Waals surface area contributed by atoms with Crippen molar-refractivity contribution in [1.82, 2.24) is 3.94 Å². The Balaban J connectivity index is 3.61. The predicted molar refractivity (Wildman–Crippen MR) is 44.5 cm³/mol. The number of carboxylic acids is 1. The zero-order valence-electron chi connectivity index (χ0n) is 6.26. The van der Waals surface area contributed by atoms with E-state index in [9.17, 15) is 4.79 Å². The van der Waals surface area contributed by atoms with Crippen LogP contribution in [0.25, 0.3) is 0 Å². The zero-order valence-corrected chi connectivity index (χ0v) is 7.77. The molecule has 5 heteroatoms. The van der Waals surface area contributed by atoms with Crippen LogP contribution in [-0.2, 0) is 4.79 Å². The lowest BCUT2D eigenvalue weighted by Gasteiger charge is -2.15. The molecule has 0 saturated heterocycles. The number of rotatable bonds is 5. The second kappa shape index (κ2) is 5.63. The van der Waals surface area contributed by atoms with E-state index in [4.69, 9.17) is 28.7 Å². The maximum Gasteiger partial charge on any atom is 0.303 e. The predicted octanol–water partition coefficient (Wildman–Crippen LogP) is 2.24. The lowest BCUT2D eigenvalue weighted by molar-refractivity contribution is -0.137. The van der Waals surface area contributed by atoms with Crippen LogP contribution in [0.15, 0.2) is 0 Å². The molecule has 1 atom stereocenters. The molecule has 0 aromatic heterocycles. The van der Waals surface area contributed by atoms with Gasteiger partial charge in [0, 0.05) is 12.5 Å². The van der Waals surface area contributed by atoms with Crippen LogP contribution in [0, 0.1) is 0 Å². The monoisotopic (exact) mass is 199 g/mol. The Morgan fingerprint density at radius 2 is 2.18 bits per heavy atom. The molecule has 0 fully saturated rings. The number of nitrogens with zero attached hydrogens (tertiary/aromatic N) is 1. The maximum absolute atomic E-state index is 10.1. The molecule has 1 N–H and O–H groups in total. The minimum atomic E-state index is -0.821. The fourth-order valence-electron chi connectivity index (χ4n) is 0.730. The number of carbonyl (C=O) groups is 1. The molecule has 0 rings (SSSR count). The highest BCUT2D eigenvalue weighted by atomic mass is 35.5. The number of hydrogen-bond donors (Lipinski definition) is 1. The van der Waals surface area contributed by atoms with Crippen LogP contribution in [-0.4, -0.2) is 21.1 Å². The van der Waals surface area contributed by atoms with Crippen LogP contribution in [0.1, 0.15) is 26.2 Å². The SMILES string of the molecule is CCC(CCC(=O)O)N(Cl)Cl. The van der Waals surface area contributed by atoms with Crippen molar-refractivity contribution in [2.45, 2.75) is 32.2 Å². The first-order chi connectivity index (χ1) is 5.07. The van der Waals surface area contributed by atoms with Crippen LogP contribution >= 0.6 is 23.6 Å². The topological polar surface area (TPSA) is 40.5 Å². The van der Waals surface area contributed by atoms with Crippen molar-refractivity contribution >= 4 is 29.5 Å². The summed E-state index contributed by atoms with van der Waals surface area (Å²) in [6.45, 7) is 1.91. The summed E-state index contributed by atoms with van der Waals surface area (Å²) in [5.74, 6) is -0.821. The molecule has 0 aromatic carbocycles. The van der Waals surface area contributed by atoms with E-state index in [0.717, 1.165) is 10.4 Å². The highest BCUT2D eigenvalue weighted by molar-refractivity contribution is 6.33. The summed E-state index contributed by atoms with van der Waals surface area (Å²) in [5.41, 5.74) is 0. The fourth-order valence-corrected chi connectivity index (χ4v) is 1.20. The third kappa shape index (κ3) is 5.30. The Hall–Kier alpha value is 0.01000. The molecule has 0 radical (unpaired) electrons. The van der Waals surface area contributed by atoms with Crippen molar-refractivity contribution in [1.29, 1.82) is 0 Å². The lowest BCUT2D eigenvalue weighted by Crippen LogP contribution is -2.19. The molecule has 66 valence electrons. The summed E-state index contributed by atoms with van der Waals surface area (Å²) in [4.78, 5) is 10.1. The molecule has 1 unspecified atom stereocenters. The van der Waals surface area contributed by atoms with Crippen LogP contribution in [0.2, 0.25) is 0 Å². The van der Waals surface area contributed by atoms with E-state index in [2.05, 4.69) is 0 Å². The minimum Gasteiger partial charge on any atom is -0.481 e. The average molecular weight is 200 g/mol. The summed E-state index contributed by atoms with van der Waals surface area (Å²) in [6.07, 6.45) is 1.34. The molecular weight excluding hydrogens is 189 g/mol. The normalized spacial score (nSPS) is 13.5. The number of hydrogen-bond acceptors (Lipinski definition) is 2. The third-order valence-electron chi connectivity index (χ3n) is 1.44. The molecular formula is C6H11Cl2NO2. The average Bonchev–Trinajstić information content (AvgIpc) is 1.87. The van der Waals surface area contributed by atoms with Gasteiger partial charge >= 0.3 is 5.97 Å². The summed E-state index contributed by atoms with van der Waals surface area (Å²) < 4.78 is 1.02. The molecule has 0 spiro atoms. The van der Waals surface area contributed by atoms with Gasteiger partial charge in [0.25, 0.3) is 0 Å². The van der Waals surface area contributed by atoms with Crippen LogP contribution in [0.3, 0.4) is 0 Å². The van der Waals surface area contributed by atoms with Gasteiger partial charge in [-0.25, -0.2) is 0 Å². The van der Waals surface area contributed by atoms with Gasteiger partial charge < -0.3 is 5.11 Å². The largest absolute Gasteiger partial charge is 0.481 e. The van der Waals surface area contributed by atoms with Gasteiger partial charge in [-0.15, -0.1) is 3.94 Å². The van der Waals surface area contributed by atoms with Gasteiger partial charge in [-0.3, -0.25) is 4.79 Å². The summed E-state index contributed by atoms with van der Waals surface area (Å²) in [7, 11) is 0. The van der Waals surface area contributed by atoms with Crippen LogP contribution in [0.4, 0.5) is 0 Å². The Morgan fingerprint density at radius 3 is 2.45 bits per heavy atom. The van der Waals surface area contributed by atoms with Gasteiger partial charge in [0.15, 0.2) is 0 Å². The molecule has 0 heterocycles. The smallest absolute Gasteiger partial charge is 0.303 e. The molecule has 0 aliphatic carbocycles. The summed E-state index contributed by atoms with van der Waals surface area (Å²) in [5, 5.41) is 8.33. The van der Waals surface area contributed by atoms with Crippen molar-refractivity contribution in [3.8, 4) is 0 Å². The summed E-state index contributed by atoms with van der Waals surface area (Å²) >= 11 is 10.9. The number of carboxylic acid groups (broad SMARTS) is 1. The van der Waals surface area contributed by atoms with E-state index >= 15 is 0 Å². The highest BCUT2D eigenvalue weighted by Gasteiger charge is 2.13. The number of aliphatic carboxylic acids is 1. The first-order valence-electron chi connectivity index (χ1n) is 3.40. The second-order valence-electron chi connectivity index (χ2n) is 2.25. The number of halogens is 2. The minimum absolute atomic E-state index is 0.0607. The van der Waals surface area contributed by atoms with Crippen molar-refractivity contribution < 1.29 is 9.90 Å². The van der Waals surface area contributed by atoms with Crippen LogP contribution < -0.4 is 0 Å². The van der Waals surface area contributed by atoms with Gasteiger partial charge in [0.05, 0.1) is 0 Å². The molecule has 0 saturated carbocycles. The Kier molecular flexibility index (Phi) is 5.64. The standard InChI is InChI=1S/C6H11Cl2NO2/c1-2-5(9(7)8)3-4-6(10)11/h5H,2-4H2,1H3,(H,10,11). The molecule has 0 aliphatic rings. The molecule has 0 aromatic rings. The van der Waals surface area contributed by atoms with E-state index in [1.54, 1.807) is 0 Å². The van der Waals surface area contributed by atoms with E-state index < -0.39 is 5.97 Å². The molecule has 0 amide bonds. The fraction of sp³-hybridized carbons (Fsp3) is 0.833. The van der Waals surface area contributed by atoms with E-state index in [0.29, 0.717) is 6.42 Å². The van der Waals surface area contributed by atoms with Crippen LogP contribution in [0.5, 0.6) is 0 Å². The first kappa shape index (κ1) is 11.0. The van der Waals surface area contributed by atoms with Gasteiger partial charge in [-0.05, 0) is 36.4 Å². The Morgan fingerprint density at radius 1 is 1.64 bits per heavy atom. The van der Waals surface area contributed by atoms with Gasteiger partial charge in [-0.1, -0.05) is 6.92 Å². The van der Waals surface area contributed by atoms with Gasteiger partial charge in [-0.2, -0.15) is 0 Å². The second-order valence-corrected chi connectivity index (χ2v) is 3.16. The lowest BCUT2D eigenvalue weighted by atomic mass is 10.1. The van der Waals surface area contributed by atoms with Crippen molar-refractivity contribution in [3.63, 3.8) is 0 Å². The van der Waals surface area contributed by atoms with E-state index in [1.165, 1.54) is 0 Å². The third-order valence-corrected chi connectivity index (χ3v) is 1.99.